The highest BCUT2D eigenvalue weighted by atomic mass is 32.2. The van der Waals surface area contributed by atoms with Gasteiger partial charge in [0, 0.05) is 22.9 Å². The van der Waals surface area contributed by atoms with E-state index < -0.39 is 0 Å². The molecule has 0 spiro atoms. The molecule has 1 atom stereocenters. The van der Waals surface area contributed by atoms with Crippen molar-refractivity contribution in [1.29, 1.82) is 0 Å². The third kappa shape index (κ3) is 4.85. The van der Waals surface area contributed by atoms with Crippen molar-refractivity contribution in [2.24, 2.45) is 0 Å². The van der Waals surface area contributed by atoms with Gasteiger partial charge in [-0.05, 0) is 32.1 Å². The molecule has 0 aromatic carbocycles. The average molecular weight is 258 g/mol. The molecule has 1 N–H and O–H groups in total. The van der Waals surface area contributed by atoms with Crippen molar-refractivity contribution >= 4 is 23.1 Å². The summed E-state index contributed by atoms with van der Waals surface area (Å²) in [6.07, 6.45) is 4.46. The number of thioether (sulfide) groups is 1. The molecule has 0 saturated heterocycles. The Bertz CT molecular complexity index is 286. The van der Waals surface area contributed by atoms with E-state index in [1.807, 2.05) is 29.3 Å². The third-order valence-corrected chi connectivity index (χ3v) is 4.81. The minimum Gasteiger partial charge on any atom is -0.309 e. The van der Waals surface area contributed by atoms with Crippen molar-refractivity contribution in [3.8, 4) is 0 Å². The molecule has 0 aliphatic carbocycles. The van der Waals surface area contributed by atoms with Crippen LogP contribution in [0.5, 0.6) is 0 Å². The molecular weight excluding hydrogens is 236 g/mol. The monoisotopic (exact) mass is 258 g/mol. The summed E-state index contributed by atoms with van der Waals surface area (Å²) in [5.41, 5.74) is 0. The van der Waals surface area contributed by atoms with E-state index in [1.165, 1.54) is 28.5 Å². The Morgan fingerprint density at radius 2 is 2.25 bits per heavy atom. The van der Waals surface area contributed by atoms with Gasteiger partial charge in [-0.1, -0.05) is 13.8 Å². The Hall–Kier alpha value is -0.0600. The third-order valence-electron chi connectivity index (χ3n) is 2.27. The van der Waals surface area contributed by atoms with E-state index in [4.69, 9.17) is 0 Å². The first kappa shape index (κ1) is 14.0. The first-order valence-electron chi connectivity index (χ1n) is 6.03. The van der Waals surface area contributed by atoms with Crippen molar-refractivity contribution in [1.82, 2.24) is 10.3 Å². The summed E-state index contributed by atoms with van der Waals surface area (Å²) in [6.45, 7) is 7.71. The summed E-state index contributed by atoms with van der Waals surface area (Å²) in [4.78, 5) is 5.84. The minimum atomic E-state index is 0.447. The molecule has 1 unspecified atom stereocenters. The number of aromatic nitrogens is 1. The predicted molar refractivity (Wildman–Crippen MR) is 75.3 cm³/mol. The molecular formula is C12H22N2S2. The zero-order valence-electron chi connectivity index (χ0n) is 10.5. The first-order valence-corrected chi connectivity index (χ1v) is 8.00. The molecule has 2 nitrogen and oxygen atoms in total. The zero-order chi connectivity index (χ0) is 11.8. The van der Waals surface area contributed by atoms with Gasteiger partial charge in [-0.2, -0.15) is 11.8 Å². The topological polar surface area (TPSA) is 24.9 Å². The van der Waals surface area contributed by atoms with Crippen LogP contribution in [-0.4, -0.2) is 17.3 Å². The van der Waals surface area contributed by atoms with Crippen LogP contribution in [0.3, 0.4) is 0 Å². The Kier molecular flexibility index (Phi) is 7.08. The van der Waals surface area contributed by atoms with Crippen LogP contribution in [0, 0.1) is 0 Å². The van der Waals surface area contributed by atoms with Gasteiger partial charge in [-0.25, -0.2) is 4.98 Å². The lowest BCUT2D eigenvalue weighted by molar-refractivity contribution is 0.577. The van der Waals surface area contributed by atoms with E-state index in [9.17, 15) is 0 Å². The summed E-state index contributed by atoms with van der Waals surface area (Å²) in [6, 6.07) is 0.447. The van der Waals surface area contributed by atoms with Crippen molar-refractivity contribution in [2.75, 3.05) is 12.3 Å². The Balaban J connectivity index is 2.37. The molecule has 0 fully saturated rings. The van der Waals surface area contributed by atoms with Crippen LogP contribution < -0.4 is 5.32 Å². The van der Waals surface area contributed by atoms with Gasteiger partial charge in [0.2, 0.25) is 0 Å². The van der Waals surface area contributed by atoms with E-state index in [0.29, 0.717) is 6.04 Å². The predicted octanol–water partition coefficient (Wildman–Crippen LogP) is 3.85. The van der Waals surface area contributed by atoms with Gasteiger partial charge in [0.05, 0.1) is 0 Å². The SMILES string of the molecule is CCCNC(C)c1cnc(CSCCC)s1. The van der Waals surface area contributed by atoms with Crippen LogP contribution in [0.1, 0.15) is 49.5 Å². The highest BCUT2D eigenvalue weighted by molar-refractivity contribution is 7.98. The van der Waals surface area contributed by atoms with Crippen molar-refractivity contribution < 1.29 is 0 Å². The van der Waals surface area contributed by atoms with Crippen molar-refractivity contribution in [3.05, 3.63) is 16.1 Å². The molecule has 16 heavy (non-hydrogen) atoms. The van der Waals surface area contributed by atoms with Gasteiger partial charge in [0.15, 0.2) is 0 Å². The second kappa shape index (κ2) is 8.09. The standard InChI is InChI=1S/C12H22N2S2/c1-4-6-13-10(3)11-8-14-12(16-11)9-15-7-5-2/h8,10,13H,4-7,9H2,1-3H3. The van der Waals surface area contributed by atoms with E-state index in [2.05, 4.69) is 31.1 Å². The first-order chi connectivity index (χ1) is 7.77. The largest absolute Gasteiger partial charge is 0.309 e. The van der Waals surface area contributed by atoms with Gasteiger partial charge in [0.25, 0.3) is 0 Å². The molecule has 0 radical (unpaired) electrons. The minimum absolute atomic E-state index is 0.447. The number of nitrogens with one attached hydrogen (secondary N) is 1. The Labute approximate surface area is 107 Å². The maximum absolute atomic E-state index is 4.47. The van der Waals surface area contributed by atoms with Gasteiger partial charge < -0.3 is 5.32 Å². The Morgan fingerprint density at radius 1 is 1.44 bits per heavy atom. The molecule has 0 aliphatic rings. The van der Waals surface area contributed by atoms with Crippen molar-refractivity contribution in [3.63, 3.8) is 0 Å². The number of hydrogen-bond acceptors (Lipinski definition) is 4. The van der Waals surface area contributed by atoms with Crippen LogP contribution in [0.25, 0.3) is 0 Å². The molecule has 0 aliphatic heterocycles. The summed E-state index contributed by atoms with van der Waals surface area (Å²) < 4.78 is 0. The maximum atomic E-state index is 4.47. The van der Waals surface area contributed by atoms with Crippen LogP contribution in [0.15, 0.2) is 6.20 Å². The van der Waals surface area contributed by atoms with Crippen LogP contribution in [-0.2, 0) is 5.75 Å². The van der Waals surface area contributed by atoms with Crippen molar-refractivity contribution in [2.45, 2.75) is 45.4 Å². The number of nitrogens with zero attached hydrogens (tertiary/aromatic N) is 1. The van der Waals surface area contributed by atoms with Gasteiger partial charge in [-0.15, -0.1) is 11.3 Å². The van der Waals surface area contributed by atoms with Gasteiger partial charge >= 0.3 is 0 Å². The fourth-order valence-electron chi connectivity index (χ4n) is 1.36. The maximum Gasteiger partial charge on any atom is 0.103 e. The molecule has 1 rings (SSSR count). The molecule has 1 heterocycles. The average Bonchev–Trinajstić information content (AvgIpc) is 2.75. The summed E-state index contributed by atoms with van der Waals surface area (Å²) in [5.74, 6) is 2.30. The van der Waals surface area contributed by atoms with E-state index >= 15 is 0 Å². The molecule has 0 amide bonds. The second-order valence-electron chi connectivity index (χ2n) is 3.88. The quantitative estimate of drug-likeness (QED) is 0.717. The van der Waals surface area contributed by atoms with E-state index in [1.54, 1.807) is 0 Å². The summed E-state index contributed by atoms with van der Waals surface area (Å²) in [5, 5.41) is 4.76. The summed E-state index contributed by atoms with van der Waals surface area (Å²) >= 11 is 3.82. The van der Waals surface area contributed by atoms with E-state index in [0.717, 1.165) is 12.3 Å². The van der Waals surface area contributed by atoms with Gasteiger partial charge in [-0.3, -0.25) is 0 Å². The number of rotatable bonds is 8. The lowest BCUT2D eigenvalue weighted by Crippen LogP contribution is -2.18. The highest BCUT2D eigenvalue weighted by Gasteiger charge is 2.08. The summed E-state index contributed by atoms with van der Waals surface area (Å²) in [7, 11) is 0. The number of hydrogen-bond donors (Lipinski definition) is 1. The fraction of sp³-hybridized carbons (Fsp3) is 0.750. The lowest BCUT2D eigenvalue weighted by atomic mass is 10.3. The zero-order valence-corrected chi connectivity index (χ0v) is 12.1. The number of thiazole rings is 1. The smallest absolute Gasteiger partial charge is 0.103 e. The lowest BCUT2D eigenvalue weighted by Gasteiger charge is -2.09. The normalized spacial score (nSPS) is 12.9. The molecule has 4 heteroatoms. The van der Waals surface area contributed by atoms with E-state index in [-0.39, 0.29) is 0 Å². The fourth-order valence-corrected chi connectivity index (χ4v) is 3.27. The molecule has 1 aromatic heterocycles. The molecule has 92 valence electrons. The molecule has 0 saturated carbocycles. The van der Waals surface area contributed by atoms with Crippen LogP contribution >= 0.6 is 23.1 Å². The highest BCUT2D eigenvalue weighted by Crippen LogP contribution is 2.23. The molecule has 1 aromatic rings. The van der Waals surface area contributed by atoms with Crippen LogP contribution in [0.2, 0.25) is 0 Å². The Morgan fingerprint density at radius 3 is 2.94 bits per heavy atom. The second-order valence-corrected chi connectivity index (χ2v) is 6.14. The molecule has 0 bridgehead atoms. The van der Waals surface area contributed by atoms with Crippen LogP contribution in [0.4, 0.5) is 0 Å². The van der Waals surface area contributed by atoms with Gasteiger partial charge in [0.1, 0.15) is 5.01 Å².